The van der Waals surface area contributed by atoms with E-state index in [1.807, 2.05) is 36.7 Å². The van der Waals surface area contributed by atoms with Gasteiger partial charge in [0.25, 0.3) is 5.91 Å². The number of hydrogen-bond donors (Lipinski definition) is 1. The number of aryl methyl sites for hydroxylation is 1. The molecular formula is C26H22ClFN4O2. The molecule has 4 aromatic rings. The maximum Gasteiger partial charge on any atom is 0.268 e. The molecule has 5 rings (SSSR count). The number of carbonyl (C=O) groups is 1. The molecule has 3 aromatic carbocycles. The number of hydrogen-bond acceptors (Lipinski definition) is 4. The zero-order valence-electron chi connectivity index (χ0n) is 18.7. The number of amides is 1. The summed E-state index contributed by atoms with van der Waals surface area (Å²) in [5, 5.41) is 14.0. The Labute approximate surface area is 201 Å². The minimum atomic E-state index is -0.883. The van der Waals surface area contributed by atoms with E-state index in [1.54, 1.807) is 6.07 Å². The average molecular weight is 477 g/mol. The van der Waals surface area contributed by atoms with Gasteiger partial charge in [-0.2, -0.15) is 5.10 Å². The number of halogens is 2. The van der Waals surface area contributed by atoms with Gasteiger partial charge in [0, 0.05) is 6.42 Å². The lowest BCUT2D eigenvalue weighted by atomic mass is 10.0. The van der Waals surface area contributed by atoms with Crippen molar-refractivity contribution in [2.75, 3.05) is 5.32 Å². The summed E-state index contributed by atoms with van der Waals surface area (Å²) < 4.78 is 16.1. The van der Waals surface area contributed by atoms with Crippen molar-refractivity contribution in [3.05, 3.63) is 94.0 Å². The highest BCUT2D eigenvalue weighted by Crippen LogP contribution is 2.28. The van der Waals surface area contributed by atoms with Crippen LogP contribution in [0, 0.1) is 19.7 Å². The van der Waals surface area contributed by atoms with E-state index in [-0.39, 0.29) is 22.9 Å². The van der Waals surface area contributed by atoms with Crippen LogP contribution in [-0.4, -0.2) is 27.5 Å². The van der Waals surface area contributed by atoms with Gasteiger partial charge in [0.05, 0.1) is 39.9 Å². The predicted molar refractivity (Wildman–Crippen MR) is 131 cm³/mol. The number of anilines is 1. The number of benzene rings is 3. The molecule has 8 heteroatoms. The number of nitrogens with one attached hydrogen (secondary N) is 1. The highest BCUT2D eigenvalue weighted by molar-refractivity contribution is 6.34. The van der Waals surface area contributed by atoms with Crippen LogP contribution in [0.15, 0.2) is 65.8 Å². The maximum atomic E-state index is 14.2. The third kappa shape index (κ3) is 4.03. The molecule has 0 saturated carbocycles. The number of carbonyl (C=O) groups excluding carboxylic acids is 1. The Morgan fingerprint density at radius 2 is 1.91 bits per heavy atom. The van der Waals surface area contributed by atoms with E-state index in [1.165, 1.54) is 22.9 Å². The first-order valence-corrected chi connectivity index (χ1v) is 11.3. The lowest BCUT2D eigenvalue weighted by molar-refractivity contribution is -0.125. The van der Waals surface area contributed by atoms with Crippen molar-refractivity contribution < 1.29 is 14.0 Å². The monoisotopic (exact) mass is 476 g/mol. The summed E-state index contributed by atoms with van der Waals surface area (Å²) in [7, 11) is 0. The van der Waals surface area contributed by atoms with Crippen LogP contribution in [0.1, 0.15) is 28.9 Å². The fourth-order valence-corrected chi connectivity index (χ4v) is 4.54. The van der Waals surface area contributed by atoms with Gasteiger partial charge in [0.2, 0.25) is 6.10 Å². The zero-order valence-corrected chi connectivity index (χ0v) is 19.4. The second-order valence-corrected chi connectivity index (χ2v) is 8.67. The van der Waals surface area contributed by atoms with Gasteiger partial charge in [-0.1, -0.05) is 65.3 Å². The fourth-order valence-electron chi connectivity index (χ4n) is 4.27. The van der Waals surface area contributed by atoms with E-state index in [0.29, 0.717) is 23.6 Å². The molecule has 1 aliphatic rings. The van der Waals surface area contributed by atoms with E-state index in [4.69, 9.17) is 16.4 Å². The van der Waals surface area contributed by atoms with E-state index in [9.17, 15) is 9.18 Å². The molecule has 0 fully saturated rings. The molecule has 0 aliphatic carbocycles. The first-order chi connectivity index (χ1) is 16.4. The highest BCUT2D eigenvalue weighted by atomic mass is 35.5. The van der Waals surface area contributed by atoms with Gasteiger partial charge >= 0.3 is 0 Å². The molecule has 0 radical (unpaired) electrons. The molecule has 172 valence electrons. The quantitative estimate of drug-likeness (QED) is 0.406. The molecule has 0 spiro atoms. The van der Waals surface area contributed by atoms with E-state index in [2.05, 4.69) is 39.8 Å². The van der Waals surface area contributed by atoms with Gasteiger partial charge in [0.1, 0.15) is 5.82 Å². The Kier molecular flexibility index (Phi) is 5.79. The summed E-state index contributed by atoms with van der Waals surface area (Å²) in [5.74, 6) is -0.876. The maximum absolute atomic E-state index is 14.2. The molecule has 0 bridgehead atoms. The van der Waals surface area contributed by atoms with E-state index < -0.39 is 11.9 Å². The fraction of sp³-hybridized carbons (Fsp3) is 0.192. The summed E-state index contributed by atoms with van der Waals surface area (Å²) >= 11 is 6.13. The Morgan fingerprint density at radius 1 is 1.15 bits per heavy atom. The molecule has 1 atom stereocenters. The third-order valence-electron chi connectivity index (χ3n) is 6.04. The minimum absolute atomic E-state index is 0.120. The van der Waals surface area contributed by atoms with Crippen molar-refractivity contribution >= 4 is 39.7 Å². The van der Waals surface area contributed by atoms with Crippen molar-refractivity contribution in [1.82, 2.24) is 9.78 Å². The Balaban J connectivity index is 1.32. The SMILES string of the molecule is Cc1nn(Cc2cccc3ccccc23)c(C)c1NC(=O)C1CC(c2c(F)cccc2Cl)=NO1. The molecule has 34 heavy (non-hydrogen) atoms. The second-order valence-electron chi connectivity index (χ2n) is 8.26. The number of fused-ring (bicyclic) bond motifs is 1. The van der Waals surface area contributed by atoms with Crippen LogP contribution in [-0.2, 0) is 16.2 Å². The Hall–Kier alpha value is -3.71. The number of rotatable bonds is 5. The first kappa shape index (κ1) is 22.1. The highest BCUT2D eigenvalue weighted by Gasteiger charge is 2.32. The largest absolute Gasteiger partial charge is 0.382 e. The summed E-state index contributed by atoms with van der Waals surface area (Å²) in [5.41, 5.74) is 3.77. The molecule has 1 N–H and O–H groups in total. The molecule has 1 aromatic heterocycles. The van der Waals surface area contributed by atoms with Crippen molar-refractivity contribution in [1.29, 1.82) is 0 Å². The normalized spacial score (nSPS) is 15.3. The van der Waals surface area contributed by atoms with Gasteiger partial charge in [-0.05, 0) is 42.3 Å². The molecule has 6 nitrogen and oxygen atoms in total. The predicted octanol–water partition coefficient (Wildman–Crippen LogP) is 5.63. The molecular weight excluding hydrogens is 455 g/mol. The third-order valence-corrected chi connectivity index (χ3v) is 6.36. The smallest absolute Gasteiger partial charge is 0.268 e. The number of nitrogens with zero attached hydrogens (tertiary/aromatic N) is 3. The van der Waals surface area contributed by atoms with Crippen LogP contribution in [0.25, 0.3) is 10.8 Å². The van der Waals surface area contributed by atoms with E-state index >= 15 is 0 Å². The topological polar surface area (TPSA) is 68.5 Å². The summed E-state index contributed by atoms with van der Waals surface area (Å²) in [6.07, 6.45) is -0.764. The van der Waals surface area contributed by atoms with Gasteiger partial charge in [-0.25, -0.2) is 4.39 Å². The lowest BCUT2D eigenvalue weighted by Gasteiger charge is -2.11. The average Bonchev–Trinajstić information content (AvgIpc) is 3.40. The molecule has 1 aliphatic heterocycles. The zero-order chi connectivity index (χ0) is 23.8. The molecule has 1 amide bonds. The first-order valence-electron chi connectivity index (χ1n) is 10.9. The van der Waals surface area contributed by atoms with Crippen LogP contribution in [0.2, 0.25) is 5.02 Å². The summed E-state index contributed by atoms with van der Waals surface area (Å²) in [4.78, 5) is 18.3. The minimum Gasteiger partial charge on any atom is -0.382 e. The summed E-state index contributed by atoms with van der Waals surface area (Å²) in [6.45, 7) is 4.33. The number of oxime groups is 1. The van der Waals surface area contributed by atoms with Crippen LogP contribution in [0.5, 0.6) is 0 Å². The van der Waals surface area contributed by atoms with E-state index in [0.717, 1.165) is 11.3 Å². The van der Waals surface area contributed by atoms with Crippen LogP contribution < -0.4 is 5.32 Å². The molecule has 2 heterocycles. The van der Waals surface area contributed by atoms with Crippen molar-refractivity contribution in [3.63, 3.8) is 0 Å². The van der Waals surface area contributed by atoms with Crippen LogP contribution >= 0.6 is 11.6 Å². The van der Waals surface area contributed by atoms with Crippen molar-refractivity contribution in [3.8, 4) is 0 Å². The number of aromatic nitrogens is 2. The Morgan fingerprint density at radius 3 is 2.74 bits per heavy atom. The lowest BCUT2D eigenvalue weighted by Crippen LogP contribution is -2.28. The second kappa shape index (κ2) is 8.91. The molecule has 1 unspecified atom stereocenters. The van der Waals surface area contributed by atoms with Crippen molar-refractivity contribution in [2.24, 2.45) is 5.16 Å². The van der Waals surface area contributed by atoms with Gasteiger partial charge in [-0.15, -0.1) is 0 Å². The van der Waals surface area contributed by atoms with Gasteiger partial charge in [-0.3, -0.25) is 9.48 Å². The van der Waals surface area contributed by atoms with Crippen LogP contribution in [0.3, 0.4) is 0 Å². The standard InChI is InChI=1S/C26H22ClFN4O2/c1-15-25(16(2)32(30-15)14-18-9-5-8-17-7-3-4-10-19(17)18)29-26(33)23-13-22(31-34-23)24-20(27)11-6-12-21(24)28/h3-12,23H,13-14H2,1-2H3,(H,29,33). The van der Waals surface area contributed by atoms with Crippen LogP contribution in [0.4, 0.5) is 10.1 Å². The summed E-state index contributed by atoms with van der Waals surface area (Å²) in [6, 6.07) is 18.8. The Bertz CT molecular complexity index is 1420. The van der Waals surface area contributed by atoms with Gasteiger partial charge in [0.15, 0.2) is 0 Å². The van der Waals surface area contributed by atoms with Gasteiger partial charge < -0.3 is 10.2 Å². The van der Waals surface area contributed by atoms with Crippen molar-refractivity contribution in [2.45, 2.75) is 32.9 Å². The molecule has 0 saturated heterocycles.